The van der Waals surface area contributed by atoms with Gasteiger partial charge in [0.25, 0.3) is 0 Å². The lowest BCUT2D eigenvalue weighted by Crippen LogP contribution is -2.59. The van der Waals surface area contributed by atoms with E-state index in [0.717, 1.165) is 0 Å². The van der Waals surface area contributed by atoms with Crippen molar-refractivity contribution in [3.63, 3.8) is 0 Å². The second-order valence-corrected chi connectivity index (χ2v) is 8.81. The fourth-order valence-electron chi connectivity index (χ4n) is 4.09. The van der Waals surface area contributed by atoms with E-state index in [0.29, 0.717) is 23.5 Å². The van der Waals surface area contributed by atoms with Gasteiger partial charge in [-0.15, -0.1) is 0 Å². The molecule has 2 aromatic rings. The van der Waals surface area contributed by atoms with Gasteiger partial charge in [-0.25, -0.2) is 0 Å². The number of aliphatic hydroxyl groups excluding tert-OH is 4. The van der Waals surface area contributed by atoms with Gasteiger partial charge in [-0.1, -0.05) is 0 Å². The van der Waals surface area contributed by atoms with Gasteiger partial charge in [0.2, 0.25) is 0 Å². The van der Waals surface area contributed by atoms with Crippen LogP contribution in [0.5, 0.6) is 11.5 Å². The maximum Gasteiger partial charge on any atom is 0.196 e. The minimum atomic E-state index is -1.59. The zero-order chi connectivity index (χ0) is 24.1. The summed E-state index contributed by atoms with van der Waals surface area (Å²) in [5.41, 5.74) is -0.662. The van der Waals surface area contributed by atoms with E-state index in [1.54, 1.807) is 19.9 Å². The third-order valence-electron chi connectivity index (χ3n) is 5.98. The van der Waals surface area contributed by atoms with E-state index >= 15 is 0 Å². The highest BCUT2D eigenvalue weighted by molar-refractivity contribution is 5.87. The Morgan fingerprint density at radius 1 is 1.15 bits per heavy atom. The molecule has 11 heteroatoms. The molecular weight excluding hydrogens is 440 g/mol. The molecule has 0 aliphatic carbocycles. The van der Waals surface area contributed by atoms with Crippen molar-refractivity contribution >= 4 is 11.0 Å². The fourth-order valence-corrected chi connectivity index (χ4v) is 4.09. The topological polar surface area (TPSA) is 168 Å². The molecule has 2 aliphatic heterocycles. The number of fused-ring (bicyclic) bond motifs is 2. The quantitative estimate of drug-likeness (QED) is 0.360. The fraction of sp³-hybridized carbons (Fsp3) is 0.591. The van der Waals surface area contributed by atoms with Crippen LogP contribution < -0.4 is 14.9 Å². The highest BCUT2D eigenvalue weighted by Gasteiger charge is 2.44. The second-order valence-electron chi connectivity index (χ2n) is 8.81. The molecule has 6 atom stereocenters. The van der Waals surface area contributed by atoms with E-state index in [2.05, 4.69) is 0 Å². The van der Waals surface area contributed by atoms with E-state index in [9.17, 15) is 30.3 Å². The second kappa shape index (κ2) is 8.84. The van der Waals surface area contributed by atoms with Gasteiger partial charge in [0, 0.05) is 24.1 Å². The van der Waals surface area contributed by atoms with Crippen LogP contribution in [0.25, 0.3) is 11.0 Å². The van der Waals surface area contributed by atoms with Crippen LogP contribution in [0.2, 0.25) is 0 Å². The molecule has 0 spiro atoms. The van der Waals surface area contributed by atoms with Crippen LogP contribution in [-0.2, 0) is 22.5 Å². The highest BCUT2D eigenvalue weighted by atomic mass is 16.7. The molecule has 0 amide bonds. The largest absolute Gasteiger partial charge is 0.495 e. The minimum absolute atomic E-state index is 0.100. The van der Waals surface area contributed by atoms with Crippen molar-refractivity contribution in [3.05, 3.63) is 33.7 Å². The summed E-state index contributed by atoms with van der Waals surface area (Å²) in [4.78, 5) is 12.9. The van der Waals surface area contributed by atoms with Gasteiger partial charge in [-0.2, -0.15) is 0 Å². The smallest absolute Gasteiger partial charge is 0.196 e. The van der Waals surface area contributed by atoms with Crippen molar-refractivity contribution in [2.45, 2.75) is 69.3 Å². The lowest BCUT2D eigenvalue weighted by atomic mass is 9.96. The maximum absolute atomic E-state index is 12.9. The van der Waals surface area contributed by atoms with Crippen LogP contribution in [-0.4, -0.2) is 81.7 Å². The van der Waals surface area contributed by atoms with E-state index in [1.165, 1.54) is 13.2 Å². The third kappa shape index (κ3) is 4.33. The SMILES string of the molecule is COc1c2c(cc3oc(CO[C@H]4O[C@@H](CO)[C@H](O)[C@@H](O)[C@@H]4O)cc(=O)c13)O[C@@H](C(C)(C)O)C2. The molecule has 11 nitrogen and oxygen atoms in total. The first-order valence-electron chi connectivity index (χ1n) is 10.5. The van der Waals surface area contributed by atoms with Gasteiger partial charge in [-0.3, -0.25) is 4.79 Å². The molecule has 33 heavy (non-hydrogen) atoms. The predicted molar refractivity (Wildman–Crippen MR) is 112 cm³/mol. The molecule has 0 radical (unpaired) electrons. The normalized spacial score (nSPS) is 29.7. The van der Waals surface area contributed by atoms with Crippen LogP contribution >= 0.6 is 0 Å². The average Bonchev–Trinajstić information content (AvgIpc) is 3.20. The first-order valence-corrected chi connectivity index (χ1v) is 10.5. The molecule has 1 saturated heterocycles. The number of hydrogen-bond donors (Lipinski definition) is 5. The molecule has 0 saturated carbocycles. The van der Waals surface area contributed by atoms with Gasteiger partial charge >= 0.3 is 0 Å². The van der Waals surface area contributed by atoms with E-state index in [-0.39, 0.29) is 23.3 Å². The van der Waals surface area contributed by atoms with Crippen molar-refractivity contribution in [2.75, 3.05) is 13.7 Å². The van der Waals surface area contributed by atoms with Crippen molar-refractivity contribution in [1.29, 1.82) is 0 Å². The summed E-state index contributed by atoms with van der Waals surface area (Å²) in [6, 6.07) is 2.77. The summed E-state index contributed by atoms with van der Waals surface area (Å²) < 4.78 is 27.9. The zero-order valence-corrected chi connectivity index (χ0v) is 18.4. The number of hydrogen-bond acceptors (Lipinski definition) is 11. The molecule has 4 rings (SSSR count). The standard InChI is InChI=1S/C22H28O11/c1-22(2,28)15-5-10-12(32-15)6-13-16(20(10)29-3)11(24)4-9(31-13)8-30-21-19(27)18(26)17(25)14(7-23)33-21/h4,6,14-15,17-19,21,23,25-28H,5,7-8H2,1-3H3/t14-,15+,17-,18+,19-,21-/m0/s1. The van der Waals surface area contributed by atoms with Crippen LogP contribution in [0, 0.1) is 0 Å². The van der Waals surface area contributed by atoms with Gasteiger partial charge in [-0.05, 0) is 13.8 Å². The summed E-state index contributed by atoms with van der Waals surface area (Å²) in [6.45, 7) is 2.37. The molecule has 0 bridgehead atoms. The first kappa shape index (κ1) is 23.9. The molecule has 1 fully saturated rings. The number of methoxy groups -OCH3 is 1. The van der Waals surface area contributed by atoms with E-state index < -0.39 is 54.4 Å². The zero-order valence-electron chi connectivity index (χ0n) is 18.4. The van der Waals surface area contributed by atoms with E-state index in [4.69, 9.17) is 23.4 Å². The van der Waals surface area contributed by atoms with Crippen molar-refractivity contribution in [3.8, 4) is 11.5 Å². The Morgan fingerprint density at radius 2 is 1.88 bits per heavy atom. The molecule has 1 aromatic heterocycles. The number of rotatable bonds is 6. The molecule has 2 aliphatic rings. The number of aliphatic hydroxyl groups is 5. The molecule has 182 valence electrons. The van der Waals surface area contributed by atoms with Gasteiger partial charge < -0.3 is 48.9 Å². The summed E-state index contributed by atoms with van der Waals surface area (Å²) >= 11 is 0. The van der Waals surface area contributed by atoms with E-state index in [1.807, 2.05) is 0 Å². The van der Waals surface area contributed by atoms with Crippen LogP contribution in [0.1, 0.15) is 25.2 Å². The average molecular weight is 468 g/mol. The van der Waals surface area contributed by atoms with Crippen LogP contribution in [0.15, 0.2) is 21.3 Å². The molecule has 3 heterocycles. The summed E-state index contributed by atoms with van der Waals surface area (Å²) in [5.74, 6) is 0.842. The summed E-state index contributed by atoms with van der Waals surface area (Å²) in [7, 11) is 1.43. The van der Waals surface area contributed by atoms with Gasteiger partial charge in [0.05, 0.1) is 19.3 Å². The Morgan fingerprint density at radius 3 is 2.52 bits per heavy atom. The Balaban J connectivity index is 1.61. The van der Waals surface area contributed by atoms with Gasteiger partial charge in [0.15, 0.2) is 11.7 Å². The Labute approximate surface area is 188 Å². The maximum atomic E-state index is 12.9. The summed E-state index contributed by atoms with van der Waals surface area (Å²) in [5, 5.41) is 49.7. The van der Waals surface area contributed by atoms with Crippen LogP contribution in [0.4, 0.5) is 0 Å². The third-order valence-corrected chi connectivity index (χ3v) is 5.98. The molecular formula is C22H28O11. The monoisotopic (exact) mass is 468 g/mol. The predicted octanol–water partition coefficient (Wildman–Crippen LogP) is -0.808. The lowest BCUT2D eigenvalue weighted by molar-refractivity contribution is -0.304. The number of ether oxygens (including phenoxy) is 4. The first-order chi connectivity index (χ1) is 15.5. The Hall–Kier alpha value is -2.25. The van der Waals surface area contributed by atoms with Crippen molar-refractivity contribution in [1.82, 2.24) is 0 Å². The summed E-state index contributed by atoms with van der Waals surface area (Å²) in [6.07, 6.45) is -7.33. The van der Waals surface area contributed by atoms with Crippen molar-refractivity contribution < 1.29 is 48.9 Å². The molecule has 5 N–H and O–H groups in total. The molecule has 1 aromatic carbocycles. The highest BCUT2D eigenvalue weighted by Crippen LogP contribution is 2.43. The Kier molecular flexibility index (Phi) is 6.40. The minimum Gasteiger partial charge on any atom is -0.495 e. The van der Waals surface area contributed by atoms with Crippen LogP contribution in [0.3, 0.4) is 0 Å². The van der Waals surface area contributed by atoms with Gasteiger partial charge in [0.1, 0.15) is 65.4 Å². The van der Waals surface area contributed by atoms with Crippen molar-refractivity contribution in [2.24, 2.45) is 0 Å². The number of benzene rings is 1. The lowest BCUT2D eigenvalue weighted by Gasteiger charge is -2.39. The molecule has 0 unspecified atom stereocenters. The Bertz CT molecular complexity index is 1070.